The standard InChI is InChI=1S/C23H26N4O2/c1-26(17-7-3-2-4-8-17)16-15-24-22(28)14-13-21-25-20-10-6-5-9-19(20)23(29)27(21)18-11-12-18/h2-10,18H,11-16H2,1H3,(H,24,28). The number of rotatable bonds is 8. The predicted octanol–water partition coefficient (Wildman–Crippen LogP) is 2.92. The van der Waals surface area contributed by atoms with Gasteiger partial charge in [-0.25, -0.2) is 4.98 Å². The molecule has 1 aliphatic rings. The van der Waals surface area contributed by atoms with E-state index in [4.69, 9.17) is 4.98 Å². The molecule has 1 aromatic heterocycles. The van der Waals surface area contributed by atoms with Crippen molar-refractivity contribution in [2.75, 3.05) is 25.0 Å². The number of para-hydroxylation sites is 2. The van der Waals surface area contributed by atoms with Crippen molar-refractivity contribution in [1.29, 1.82) is 0 Å². The van der Waals surface area contributed by atoms with Gasteiger partial charge >= 0.3 is 0 Å². The van der Waals surface area contributed by atoms with Gasteiger partial charge in [-0.2, -0.15) is 0 Å². The molecule has 0 saturated heterocycles. The fraction of sp³-hybridized carbons (Fsp3) is 0.348. The number of aryl methyl sites for hydroxylation is 1. The van der Waals surface area contributed by atoms with E-state index in [0.717, 1.165) is 25.1 Å². The summed E-state index contributed by atoms with van der Waals surface area (Å²) in [5.74, 6) is 0.698. The highest BCUT2D eigenvalue weighted by atomic mass is 16.1. The van der Waals surface area contributed by atoms with Crippen LogP contribution < -0.4 is 15.8 Å². The maximum Gasteiger partial charge on any atom is 0.261 e. The molecular weight excluding hydrogens is 364 g/mol. The van der Waals surface area contributed by atoms with Crippen LogP contribution in [0.4, 0.5) is 5.69 Å². The second-order valence-corrected chi connectivity index (χ2v) is 7.56. The van der Waals surface area contributed by atoms with Crippen LogP contribution in [0.3, 0.4) is 0 Å². The third-order valence-corrected chi connectivity index (χ3v) is 5.33. The van der Waals surface area contributed by atoms with Crippen molar-refractivity contribution in [2.24, 2.45) is 0 Å². The summed E-state index contributed by atoms with van der Waals surface area (Å²) in [6, 6.07) is 17.7. The average Bonchev–Trinajstić information content (AvgIpc) is 3.58. The molecule has 1 fully saturated rings. The summed E-state index contributed by atoms with van der Waals surface area (Å²) in [6.45, 7) is 1.31. The minimum absolute atomic E-state index is 0.0120. The van der Waals surface area contributed by atoms with Crippen LogP contribution in [0.15, 0.2) is 59.4 Å². The highest BCUT2D eigenvalue weighted by Gasteiger charge is 2.28. The van der Waals surface area contributed by atoms with Crippen molar-refractivity contribution in [3.8, 4) is 0 Å². The lowest BCUT2D eigenvalue weighted by molar-refractivity contribution is -0.121. The molecule has 1 aliphatic carbocycles. The first-order valence-electron chi connectivity index (χ1n) is 10.2. The van der Waals surface area contributed by atoms with Gasteiger partial charge in [0.1, 0.15) is 5.82 Å². The molecule has 1 N–H and O–H groups in total. The van der Waals surface area contributed by atoms with Gasteiger partial charge in [0.05, 0.1) is 10.9 Å². The van der Waals surface area contributed by atoms with Crippen LogP contribution in [-0.4, -0.2) is 35.6 Å². The third-order valence-electron chi connectivity index (χ3n) is 5.33. The molecule has 0 unspecified atom stereocenters. The van der Waals surface area contributed by atoms with Crippen LogP contribution in [0.2, 0.25) is 0 Å². The van der Waals surface area contributed by atoms with Crippen LogP contribution in [0.5, 0.6) is 0 Å². The van der Waals surface area contributed by atoms with E-state index >= 15 is 0 Å². The third kappa shape index (κ3) is 4.47. The Kier molecular flexibility index (Phi) is 5.60. The predicted molar refractivity (Wildman–Crippen MR) is 115 cm³/mol. The Balaban J connectivity index is 1.36. The molecule has 3 aromatic rings. The number of carbonyl (C=O) groups excluding carboxylic acids is 1. The lowest BCUT2D eigenvalue weighted by Crippen LogP contribution is -2.33. The fourth-order valence-electron chi connectivity index (χ4n) is 3.57. The molecule has 150 valence electrons. The van der Waals surface area contributed by atoms with E-state index in [2.05, 4.69) is 10.2 Å². The maximum atomic E-state index is 12.9. The molecule has 0 radical (unpaired) electrons. The number of aromatic nitrogens is 2. The normalized spacial score (nSPS) is 13.4. The van der Waals surface area contributed by atoms with Gasteiger partial charge in [0.25, 0.3) is 5.56 Å². The minimum atomic E-state index is -0.0174. The van der Waals surface area contributed by atoms with Gasteiger partial charge in [-0.3, -0.25) is 14.2 Å². The number of carbonyl (C=O) groups is 1. The van der Waals surface area contributed by atoms with Crippen molar-refractivity contribution in [2.45, 2.75) is 31.7 Å². The van der Waals surface area contributed by atoms with E-state index in [1.807, 2.05) is 61.6 Å². The number of nitrogens with one attached hydrogen (secondary N) is 1. The lowest BCUT2D eigenvalue weighted by atomic mass is 10.2. The Morgan fingerprint density at radius 1 is 1.14 bits per heavy atom. The van der Waals surface area contributed by atoms with Gasteiger partial charge < -0.3 is 10.2 Å². The molecule has 6 heteroatoms. The van der Waals surface area contributed by atoms with Crippen molar-refractivity contribution in [3.63, 3.8) is 0 Å². The number of benzene rings is 2. The van der Waals surface area contributed by atoms with Gasteiger partial charge in [0, 0.05) is 44.7 Å². The molecule has 1 saturated carbocycles. The number of likely N-dealkylation sites (N-methyl/N-ethyl adjacent to an activating group) is 1. The van der Waals surface area contributed by atoms with E-state index in [1.165, 1.54) is 0 Å². The summed E-state index contributed by atoms with van der Waals surface area (Å²) in [6.07, 6.45) is 2.80. The van der Waals surface area contributed by atoms with Crippen LogP contribution in [-0.2, 0) is 11.2 Å². The Morgan fingerprint density at radius 3 is 2.62 bits per heavy atom. The van der Waals surface area contributed by atoms with Gasteiger partial charge in [-0.05, 0) is 37.1 Å². The van der Waals surface area contributed by atoms with Gasteiger partial charge in [-0.15, -0.1) is 0 Å². The topological polar surface area (TPSA) is 67.2 Å². The van der Waals surface area contributed by atoms with Crippen molar-refractivity contribution >= 4 is 22.5 Å². The summed E-state index contributed by atoms with van der Waals surface area (Å²) in [7, 11) is 2.01. The first-order valence-corrected chi connectivity index (χ1v) is 10.2. The molecule has 1 amide bonds. The monoisotopic (exact) mass is 390 g/mol. The van der Waals surface area contributed by atoms with Crippen molar-refractivity contribution < 1.29 is 4.79 Å². The molecule has 0 spiro atoms. The van der Waals surface area contributed by atoms with E-state index in [0.29, 0.717) is 36.1 Å². The number of fused-ring (bicyclic) bond motifs is 1. The first-order chi connectivity index (χ1) is 14.1. The summed E-state index contributed by atoms with van der Waals surface area (Å²) >= 11 is 0. The number of amides is 1. The van der Waals surface area contributed by atoms with Crippen molar-refractivity contribution in [1.82, 2.24) is 14.9 Å². The van der Waals surface area contributed by atoms with Gasteiger partial charge in [0.2, 0.25) is 5.91 Å². The zero-order valence-electron chi connectivity index (χ0n) is 16.7. The van der Waals surface area contributed by atoms with Gasteiger partial charge in [0.15, 0.2) is 0 Å². The summed E-state index contributed by atoms with van der Waals surface area (Å²) in [4.78, 5) is 32.0. The number of hydrogen-bond acceptors (Lipinski definition) is 4. The van der Waals surface area contributed by atoms with E-state index in [-0.39, 0.29) is 17.5 Å². The highest BCUT2D eigenvalue weighted by Crippen LogP contribution is 2.34. The highest BCUT2D eigenvalue weighted by molar-refractivity contribution is 5.78. The molecular formula is C23H26N4O2. The molecule has 2 aromatic carbocycles. The Bertz CT molecular complexity index is 1060. The smallest absolute Gasteiger partial charge is 0.261 e. The van der Waals surface area contributed by atoms with E-state index in [9.17, 15) is 9.59 Å². The number of anilines is 1. The Morgan fingerprint density at radius 2 is 1.86 bits per heavy atom. The molecule has 0 bridgehead atoms. The summed E-state index contributed by atoms with van der Waals surface area (Å²) < 4.78 is 1.80. The zero-order valence-corrected chi connectivity index (χ0v) is 16.7. The van der Waals surface area contributed by atoms with E-state index in [1.54, 1.807) is 4.57 Å². The second kappa shape index (κ2) is 8.47. The molecule has 0 aliphatic heterocycles. The van der Waals surface area contributed by atoms with Crippen LogP contribution in [0, 0.1) is 0 Å². The molecule has 4 rings (SSSR count). The number of nitrogens with zero attached hydrogens (tertiary/aromatic N) is 3. The minimum Gasteiger partial charge on any atom is -0.373 e. The van der Waals surface area contributed by atoms with Crippen LogP contribution in [0.1, 0.15) is 31.1 Å². The van der Waals surface area contributed by atoms with Crippen molar-refractivity contribution in [3.05, 3.63) is 70.8 Å². The zero-order chi connectivity index (χ0) is 20.2. The SMILES string of the molecule is CN(CCNC(=O)CCc1nc2ccccc2c(=O)n1C1CC1)c1ccccc1. The Hall–Kier alpha value is -3.15. The largest absolute Gasteiger partial charge is 0.373 e. The molecule has 1 heterocycles. The lowest BCUT2D eigenvalue weighted by Gasteiger charge is -2.19. The Labute approximate surface area is 170 Å². The van der Waals surface area contributed by atoms with Crippen LogP contribution >= 0.6 is 0 Å². The molecule has 29 heavy (non-hydrogen) atoms. The first kappa shape index (κ1) is 19.2. The summed E-state index contributed by atoms with van der Waals surface area (Å²) in [5, 5.41) is 3.62. The van der Waals surface area contributed by atoms with Crippen LogP contribution in [0.25, 0.3) is 10.9 Å². The molecule has 6 nitrogen and oxygen atoms in total. The fourth-order valence-corrected chi connectivity index (χ4v) is 3.57. The molecule has 0 atom stereocenters. The maximum absolute atomic E-state index is 12.9. The average molecular weight is 390 g/mol. The number of hydrogen-bond donors (Lipinski definition) is 1. The van der Waals surface area contributed by atoms with Gasteiger partial charge in [-0.1, -0.05) is 30.3 Å². The summed E-state index contributed by atoms with van der Waals surface area (Å²) in [5.41, 5.74) is 1.84. The van der Waals surface area contributed by atoms with E-state index < -0.39 is 0 Å². The second-order valence-electron chi connectivity index (χ2n) is 7.56. The quantitative estimate of drug-likeness (QED) is 0.642.